The third-order valence-electron chi connectivity index (χ3n) is 1.41. The average molecular weight is 178 g/mol. The summed E-state index contributed by atoms with van der Waals surface area (Å²) < 4.78 is 17.8. The van der Waals surface area contributed by atoms with Gasteiger partial charge in [0.05, 0.1) is 0 Å². The molecule has 0 aromatic heterocycles. The first-order chi connectivity index (χ1) is 6.33. The van der Waals surface area contributed by atoms with E-state index in [9.17, 15) is 4.39 Å². The highest BCUT2D eigenvalue weighted by Crippen LogP contribution is 2.11. The normalized spacial score (nSPS) is 8.77. The van der Waals surface area contributed by atoms with Crippen LogP contribution < -0.4 is 4.74 Å². The quantitative estimate of drug-likeness (QED) is 0.632. The summed E-state index contributed by atoms with van der Waals surface area (Å²) in [6, 6.07) is 6.03. The number of rotatable bonds is 2. The Morgan fingerprint density at radius 2 is 2.23 bits per heavy atom. The van der Waals surface area contributed by atoms with Gasteiger partial charge in [0.1, 0.15) is 18.2 Å². The molecule has 1 rings (SSSR count). The van der Waals surface area contributed by atoms with Crippen molar-refractivity contribution in [3.63, 3.8) is 0 Å². The van der Waals surface area contributed by atoms with E-state index in [4.69, 9.17) is 4.74 Å². The van der Waals surface area contributed by atoms with Crippen molar-refractivity contribution in [2.45, 2.75) is 13.3 Å². The molecule has 0 aliphatic carbocycles. The van der Waals surface area contributed by atoms with Gasteiger partial charge in [-0.25, -0.2) is 4.39 Å². The van der Waals surface area contributed by atoms with Crippen molar-refractivity contribution in [3.05, 3.63) is 30.1 Å². The van der Waals surface area contributed by atoms with Crippen molar-refractivity contribution < 1.29 is 9.13 Å². The summed E-state index contributed by atoms with van der Waals surface area (Å²) in [5, 5.41) is 0. The van der Waals surface area contributed by atoms with Crippen LogP contribution >= 0.6 is 0 Å². The number of benzene rings is 1. The van der Waals surface area contributed by atoms with Crippen LogP contribution in [0, 0.1) is 17.7 Å². The van der Waals surface area contributed by atoms with E-state index in [0.717, 1.165) is 6.42 Å². The minimum Gasteiger partial charge on any atom is -0.481 e. The van der Waals surface area contributed by atoms with E-state index >= 15 is 0 Å². The Morgan fingerprint density at radius 3 is 2.92 bits per heavy atom. The first-order valence-corrected chi connectivity index (χ1v) is 4.17. The second kappa shape index (κ2) is 5.21. The van der Waals surface area contributed by atoms with Crippen LogP contribution in [0.3, 0.4) is 0 Å². The minimum atomic E-state index is -0.291. The molecule has 0 atom stereocenters. The van der Waals surface area contributed by atoms with Gasteiger partial charge in [-0.2, -0.15) is 0 Å². The number of halogens is 1. The lowest BCUT2D eigenvalue weighted by molar-refractivity contribution is 0.367. The smallest absolute Gasteiger partial charge is 0.149 e. The molecule has 0 amide bonds. The van der Waals surface area contributed by atoms with Gasteiger partial charge in [-0.1, -0.05) is 18.9 Å². The van der Waals surface area contributed by atoms with Gasteiger partial charge >= 0.3 is 0 Å². The molecule has 13 heavy (non-hydrogen) atoms. The lowest BCUT2D eigenvalue weighted by Crippen LogP contribution is -1.93. The van der Waals surface area contributed by atoms with Crippen molar-refractivity contribution in [1.29, 1.82) is 0 Å². The Balaban J connectivity index is 2.45. The van der Waals surface area contributed by atoms with Gasteiger partial charge in [-0.3, -0.25) is 0 Å². The first-order valence-electron chi connectivity index (χ1n) is 4.17. The third-order valence-corrected chi connectivity index (χ3v) is 1.41. The zero-order valence-electron chi connectivity index (χ0n) is 7.51. The summed E-state index contributed by atoms with van der Waals surface area (Å²) in [4.78, 5) is 0. The second-order valence-corrected chi connectivity index (χ2v) is 2.45. The number of hydrogen-bond acceptors (Lipinski definition) is 1. The van der Waals surface area contributed by atoms with Crippen LogP contribution in [0.15, 0.2) is 24.3 Å². The van der Waals surface area contributed by atoms with E-state index in [1.165, 1.54) is 12.1 Å². The fraction of sp³-hybridized carbons (Fsp3) is 0.273. The zero-order chi connectivity index (χ0) is 9.52. The molecule has 1 aromatic carbocycles. The summed E-state index contributed by atoms with van der Waals surface area (Å²) in [6.07, 6.45) is 0.812. The maximum Gasteiger partial charge on any atom is 0.149 e. The molecule has 0 aliphatic heterocycles. The largest absolute Gasteiger partial charge is 0.481 e. The minimum absolute atomic E-state index is 0.291. The van der Waals surface area contributed by atoms with Crippen molar-refractivity contribution in [2.24, 2.45) is 0 Å². The molecule has 1 aromatic rings. The number of ether oxygens (including phenoxy) is 1. The van der Waals surface area contributed by atoms with E-state index in [1.807, 2.05) is 6.92 Å². The van der Waals surface area contributed by atoms with Gasteiger partial charge in [-0.05, 0) is 12.1 Å². The molecule has 0 bridgehead atoms. The molecule has 0 saturated carbocycles. The van der Waals surface area contributed by atoms with Crippen molar-refractivity contribution in [3.8, 4) is 17.6 Å². The lowest BCUT2D eigenvalue weighted by atomic mass is 10.3. The van der Waals surface area contributed by atoms with E-state index in [-0.39, 0.29) is 5.82 Å². The summed E-state index contributed by atoms with van der Waals surface area (Å²) in [5.41, 5.74) is 0. The van der Waals surface area contributed by atoms with E-state index in [0.29, 0.717) is 12.4 Å². The molecule has 0 unspecified atom stereocenters. The molecule has 0 radical (unpaired) electrons. The van der Waals surface area contributed by atoms with Gasteiger partial charge in [0.15, 0.2) is 0 Å². The van der Waals surface area contributed by atoms with Crippen LogP contribution in [0.2, 0.25) is 0 Å². The lowest BCUT2D eigenvalue weighted by Gasteiger charge is -2.00. The van der Waals surface area contributed by atoms with Gasteiger partial charge in [0, 0.05) is 12.5 Å². The Labute approximate surface area is 77.5 Å². The summed E-state index contributed by atoms with van der Waals surface area (Å²) in [7, 11) is 0. The van der Waals surface area contributed by atoms with Crippen molar-refractivity contribution in [2.75, 3.05) is 6.61 Å². The average Bonchev–Trinajstić information content (AvgIpc) is 2.13. The second-order valence-electron chi connectivity index (χ2n) is 2.45. The molecule has 0 aliphatic rings. The Kier molecular flexibility index (Phi) is 3.84. The molecular weight excluding hydrogens is 167 g/mol. The summed E-state index contributed by atoms with van der Waals surface area (Å²) >= 11 is 0. The maximum atomic E-state index is 12.6. The highest BCUT2D eigenvalue weighted by molar-refractivity contribution is 5.22. The maximum absolute atomic E-state index is 12.6. The molecule has 0 spiro atoms. The monoisotopic (exact) mass is 178 g/mol. The van der Waals surface area contributed by atoms with Gasteiger partial charge in [0.25, 0.3) is 0 Å². The highest BCUT2D eigenvalue weighted by atomic mass is 19.1. The molecule has 1 nitrogen and oxygen atoms in total. The van der Waals surface area contributed by atoms with E-state index < -0.39 is 0 Å². The van der Waals surface area contributed by atoms with E-state index in [2.05, 4.69) is 11.8 Å². The first kappa shape index (κ1) is 9.60. The fourth-order valence-electron chi connectivity index (χ4n) is 0.852. The Morgan fingerprint density at radius 1 is 1.38 bits per heavy atom. The molecule has 0 heterocycles. The zero-order valence-corrected chi connectivity index (χ0v) is 7.51. The molecular formula is C11H11FO. The topological polar surface area (TPSA) is 9.23 Å². The van der Waals surface area contributed by atoms with Crippen LogP contribution in [0.5, 0.6) is 5.75 Å². The highest BCUT2D eigenvalue weighted by Gasteiger charge is 1.92. The predicted octanol–water partition coefficient (Wildman–Crippen LogP) is 2.62. The van der Waals surface area contributed by atoms with Crippen molar-refractivity contribution >= 4 is 0 Å². The van der Waals surface area contributed by atoms with E-state index in [1.54, 1.807) is 12.1 Å². The summed E-state index contributed by atoms with van der Waals surface area (Å²) in [5.74, 6) is 5.90. The van der Waals surface area contributed by atoms with Crippen LogP contribution in [0.4, 0.5) is 4.39 Å². The standard InChI is InChI=1S/C11H11FO/c1-2-3-4-8-13-11-7-5-6-10(12)9-11/h5-7,9H,2,8H2,1H3. The summed E-state index contributed by atoms with van der Waals surface area (Å²) in [6.45, 7) is 2.28. The van der Waals surface area contributed by atoms with Crippen molar-refractivity contribution in [1.82, 2.24) is 0 Å². The third kappa shape index (κ3) is 3.62. The van der Waals surface area contributed by atoms with Crippen LogP contribution in [-0.2, 0) is 0 Å². The Bertz CT molecular complexity index is 322. The molecule has 0 N–H and O–H groups in total. The van der Waals surface area contributed by atoms with Gasteiger partial charge in [-0.15, -0.1) is 5.92 Å². The van der Waals surface area contributed by atoms with Crippen LogP contribution in [0.1, 0.15) is 13.3 Å². The predicted molar refractivity (Wildman–Crippen MR) is 50.0 cm³/mol. The molecule has 2 heteroatoms. The molecule has 0 fully saturated rings. The Hall–Kier alpha value is -1.49. The fourth-order valence-corrected chi connectivity index (χ4v) is 0.852. The van der Waals surface area contributed by atoms with Gasteiger partial charge < -0.3 is 4.74 Å². The molecule has 68 valence electrons. The molecule has 0 saturated heterocycles. The number of hydrogen-bond donors (Lipinski definition) is 0. The van der Waals surface area contributed by atoms with Crippen LogP contribution in [0.25, 0.3) is 0 Å². The van der Waals surface area contributed by atoms with Gasteiger partial charge in [0.2, 0.25) is 0 Å². The van der Waals surface area contributed by atoms with Crippen LogP contribution in [-0.4, -0.2) is 6.61 Å². The SMILES string of the molecule is CCC#CCOc1cccc(F)c1.